The first-order valence-corrected chi connectivity index (χ1v) is 6.33. The van der Waals surface area contributed by atoms with Gasteiger partial charge < -0.3 is 5.21 Å². The van der Waals surface area contributed by atoms with Crippen LogP contribution >= 0.6 is 23.2 Å². The zero-order chi connectivity index (χ0) is 12.3. The number of benzene rings is 1. The molecule has 0 aliphatic heterocycles. The zero-order valence-electron chi connectivity index (χ0n) is 9.29. The molecule has 0 spiro atoms. The van der Waals surface area contributed by atoms with Gasteiger partial charge in [-0.1, -0.05) is 34.4 Å². The fraction of sp³-hybridized carbons (Fsp3) is 0.308. The third-order valence-corrected chi connectivity index (χ3v) is 3.62. The first-order valence-electron chi connectivity index (χ1n) is 5.57. The quantitative estimate of drug-likeness (QED) is 0.578. The van der Waals surface area contributed by atoms with Crippen LogP contribution in [0.15, 0.2) is 28.9 Å². The molecule has 1 saturated carbocycles. The maximum absolute atomic E-state index is 8.94. The Bertz CT molecular complexity index is 480. The molecule has 90 valence electrons. The van der Waals surface area contributed by atoms with E-state index < -0.39 is 0 Å². The van der Waals surface area contributed by atoms with E-state index in [1.165, 1.54) is 0 Å². The molecule has 2 nitrogen and oxygen atoms in total. The van der Waals surface area contributed by atoms with Crippen molar-refractivity contribution >= 4 is 35.0 Å². The Balaban J connectivity index is 2.30. The van der Waals surface area contributed by atoms with Gasteiger partial charge >= 0.3 is 0 Å². The van der Waals surface area contributed by atoms with Crippen LogP contribution in [0.4, 0.5) is 0 Å². The highest BCUT2D eigenvalue weighted by molar-refractivity contribution is 6.42. The number of oxime groups is 1. The van der Waals surface area contributed by atoms with Crippen LogP contribution in [0, 0.1) is 0 Å². The van der Waals surface area contributed by atoms with Crippen molar-refractivity contribution in [3.63, 3.8) is 0 Å². The number of hydrogen-bond acceptors (Lipinski definition) is 2. The summed E-state index contributed by atoms with van der Waals surface area (Å²) < 4.78 is 0. The molecule has 1 fully saturated rings. The van der Waals surface area contributed by atoms with E-state index in [1.807, 2.05) is 18.2 Å². The van der Waals surface area contributed by atoms with Crippen LogP contribution < -0.4 is 0 Å². The van der Waals surface area contributed by atoms with E-state index in [0.29, 0.717) is 10.0 Å². The molecule has 0 heterocycles. The Labute approximate surface area is 111 Å². The van der Waals surface area contributed by atoms with Gasteiger partial charge in [0.05, 0.1) is 15.8 Å². The SMILES string of the molecule is O/N=C1\CCCC\C1=C\c1ccc(Cl)c(Cl)c1. The van der Waals surface area contributed by atoms with Crippen molar-refractivity contribution in [2.24, 2.45) is 5.16 Å². The average molecular weight is 270 g/mol. The Kier molecular flexibility index (Phi) is 4.08. The summed E-state index contributed by atoms with van der Waals surface area (Å²) >= 11 is 11.8. The molecule has 1 aliphatic carbocycles. The van der Waals surface area contributed by atoms with Crippen LogP contribution in [-0.4, -0.2) is 10.9 Å². The van der Waals surface area contributed by atoms with Gasteiger partial charge in [0.25, 0.3) is 0 Å². The number of hydrogen-bond donors (Lipinski definition) is 1. The standard InChI is InChI=1S/C13H13Cl2NO/c14-11-6-5-9(8-12(11)15)7-10-3-1-2-4-13(10)16-17/h5-8,17H,1-4H2/b10-7-,16-13+. The van der Waals surface area contributed by atoms with Crippen molar-refractivity contribution in [2.45, 2.75) is 25.7 Å². The van der Waals surface area contributed by atoms with Crippen LogP contribution in [-0.2, 0) is 0 Å². The van der Waals surface area contributed by atoms with E-state index in [0.717, 1.165) is 42.5 Å². The molecular weight excluding hydrogens is 257 g/mol. The molecular formula is C13H13Cl2NO. The van der Waals surface area contributed by atoms with E-state index in [2.05, 4.69) is 5.16 Å². The van der Waals surface area contributed by atoms with E-state index in [4.69, 9.17) is 28.4 Å². The molecule has 1 aromatic rings. The Morgan fingerprint density at radius 2 is 1.88 bits per heavy atom. The minimum absolute atomic E-state index is 0.541. The van der Waals surface area contributed by atoms with Gasteiger partial charge in [-0.3, -0.25) is 0 Å². The molecule has 0 radical (unpaired) electrons. The molecule has 2 rings (SSSR count). The summed E-state index contributed by atoms with van der Waals surface area (Å²) in [7, 11) is 0. The van der Waals surface area contributed by atoms with Crippen LogP contribution in [0.2, 0.25) is 10.0 Å². The highest BCUT2D eigenvalue weighted by atomic mass is 35.5. The van der Waals surface area contributed by atoms with Crippen LogP contribution in [0.5, 0.6) is 0 Å². The fourth-order valence-electron chi connectivity index (χ4n) is 1.99. The molecule has 0 unspecified atom stereocenters. The Morgan fingerprint density at radius 3 is 2.59 bits per heavy atom. The zero-order valence-corrected chi connectivity index (χ0v) is 10.8. The summed E-state index contributed by atoms with van der Waals surface area (Å²) in [5.41, 5.74) is 2.84. The normalized spacial score (nSPS) is 21.1. The van der Waals surface area contributed by atoms with Gasteiger partial charge in [-0.25, -0.2) is 0 Å². The fourth-order valence-corrected chi connectivity index (χ4v) is 2.29. The van der Waals surface area contributed by atoms with E-state index in [9.17, 15) is 0 Å². The summed E-state index contributed by atoms with van der Waals surface area (Å²) in [6, 6.07) is 5.50. The molecule has 0 saturated heterocycles. The maximum atomic E-state index is 8.94. The van der Waals surface area contributed by atoms with Gasteiger partial charge in [-0.05, 0) is 55.0 Å². The van der Waals surface area contributed by atoms with Crippen molar-refractivity contribution in [2.75, 3.05) is 0 Å². The molecule has 4 heteroatoms. The van der Waals surface area contributed by atoms with Gasteiger partial charge in [0.2, 0.25) is 0 Å². The van der Waals surface area contributed by atoms with Gasteiger partial charge in [-0.15, -0.1) is 0 Å². The van der Waals surface area contributed by atoms with Crippen LogP contribution in [0.1, 0.15) is 31.2 Å². The minimum atomic E-state index is 0.541. The summed E-state index contributed by atoms with van der Waals surface area (Å²) in [4.78, 5) is 0. The molecule has 17 heavy (non-hydrogen) atoms. The molecule has 1 aliphatic rings. The van der Waals surface area contributed by atoms with E-state index in [1.54, 1.807) is 6.07 Å². The van der Waals surface area contributed by atoms with Crippen molar-refractivity contribution in [1.29, 1.82) is 0 Å². The second-order valence-electron chi connectivity index (χ2n) is 4.10. The molecule has 1 N–H and O–H groups in total. The van der Waals surface area contributed by atoms with Crippen molar-refractivity contribution in [3.05, 3.63) is 39.4 Å². The monoisotopic (exact) mass is 269 g/mol. The smallest absolute Gasteiger partial charge is 0.0827 e. The van der Waals surface area contributed by atoms with Gasteiger partial charge in [0.1, 0.15) is 0 Å². The van der Waals surface area contributed by atoms with E-state index >= 15 is 0 Å². The topological polar surface area (TPSA) is 32.6 Å². The number of rotatable bonds is 1. The van der Waals surface area contributed by atoms with Gasteiger partial charge in [0.15, 0.2) is 0 Å². The van der Waals surface area contributed by atoms with Crippen LogP contribution in [0.25, 0.3) is 6.08 Å². The lowest BCUT2D eigenvalue weighted by Gasteiger charge is -2.15. The Hall–Kier alpha value is -0.990. The summed E-state index contributed by atoms with van der Waals surface area (Å²) in [6.45, 7) is 0. The minimum Gasteiger partial charge on any atom is -0.411 e. The first kappa shape index (κ1) is 12.5. The molecule has 1 aromatic carbocycles. The van der Waals surface area contributed by atoms with Gasteiger partial charge in [0, 0.05) is 0 Å². The summed E-state index contributed by atoms with van der Waals surface area (Å²) in [5.74, 6) is 0. The van der Waals surface area contributed by atoms with Crippen molar-refractivity contribution < 1.29 is 5.21 Å². The highest BCUT2D eigenvalue weighted by Crippen LogP contribution is 2.27. The summed E-state index contributed by atoms with van der Waals surface area (Å²) in [5, 5.41) is 13.4. The van der Waals surface area contributed by atoms with E-state index in [-0.39, 0.29) is 0 Å². The molecule has 0 bridgehead atoms. The predicted octanol–water partition coefficient (Wildman–Crippen LogP) is 4.78. The lowest BCUT2D eigenvalue weighted by molar-refractivity contribution is 0.316. The maximum Gasteiger partial charge on any atom is 0.0827 e. The second kappa shape index (κ2) is 5.56. The summed E-state index contributed by atoms with van der Waals surface area (Å²) in [6.07, 6.45) is 6.00. The second-order valence-corrected chi connectivity index (χ2v) is 4.91. The first-order chi connectivity index (χ1) is 8.20. The van der Waals surface area contributed by atoms with Gasteiger partial charge in [-0.2, -0.15) is 0 Å². The largest absolute Gasteiger partial charge is 0.411 e. The third kappa shape index (κ3) is 3.02. The van der Waals surface area contributed by atoms with Crippen molar-refractivity contribution in [1.82, 2.24) is 0 Å². The number of nitrogens with zero attached hydrogens (tertiary/aromatic N) is 1. The third-order valence-electron chi connectivity index (χ3n) is 2.89. The number of allylic oxidation sites excluding steroid dienone is 1. The highest BCUT2D eigenvalue weighted by Gasteiger charge is 2.13. The van der Waals surface area contributed by atoms with Crippen molar-refractivity contribution in [3.8, 4) is 0 Å². The average Bonchev–Trinajstić information content (AvgIpc) is 2.34. The predicted molar refractivity (Wildman–Crippen MR) is 72.1 cm³/mol. The van der Waals surface area contributed by atoms with Crippen LogP contribution in [0.3, 0.4) is 0 Å². The Morgan fingerprint density at radius 1 is 1.12 bits per heavy atom. The lowest BCUT2D eigenvalue weighted by Crippen LogP contribution is -2.08. The lowest BCUT2D eigenvalue weighted by atomic mass is 9.91. The number of halogens is 2. The molecule has 0 atom stereocenters. The molecule has 0 amide bonds. The molecule has 0 aromatic heterocycles.